The van der Waals surface area contributed by atoms with Gasteiger partial charge in [0.15, 0.2) is 12.3 Å². The van der Waals surface area contributed by atoms with Gasteiger partial charge >= 0.3 is 38.5 Å². The van der Waals surface area contributed by atoms with E-state index in [-0.39, 0.29) is 38.1 Å². The largest absolute Gasteiger partial charge is 0.481 e. The van der Waals surface area contributed by atoms with Gasteiger partial charge < -0.3 is 24.2 Å². The average Bonchev–Trinajstić information content (AvgIpc) is 3.89. The first-order valence-electron chi connectivity index (χ1n) is 23.9. The van der Waals surface area contributed by atoms with Crippen molar-refractivity contribution in [1.29, 1.82) is 0 Å². The minimum atomic E-state index is -2.13. The highest BCUT2D eigenvalue weighted by Crippen LogP contribution is 2.46. The number of benzene rings is 5. The third-order valence-electron chi connectivity index (χ3n) is 12.3. The van der Waals surface area contributed by atoms with Crippen molar-refractivity contribution in [3.8, 4) is 0 Å². The van der Waals surface area contributed by atoms with Crippen LogP contribution in [0.4, 0.5) is 0 Å². The van der Waals surface area contributed by atoms with E-state index in [9.17, 15) is 28.6 Å². The Balaban J connectivity index is 0.000000283. The molecule has 1 fully saturated rings. The number of nitrogens with zero attached hydrogens (tertiary/aromatic N) is 1. The molecule has 14 nitrogen and oxygen atoms in total. The Morgan fingerprint density at radius 3 is 1.44 bits per heavy atom. The summed E-state index contributed by atoms with van der Waals surface area (Å²) in [4.78, 5) is 51.1. The fourth-order valence-electron chi connectivity index (χ4n) is 7.89. The lowest BCUT2D eigenvalue weighted by Gasteiger charge is -2.27. The van der Waals surface area contributed by atoms with Gasteiger partial charge in [-0.05, 0) is 74.3 Å². The predicted octanol–water partition coefficient (Wildman–Crippen LogP) is 10.4. The molecule has 5 aromatic rings. The summed E-state index contributed by atoms with van der Waals surface area (Å²) in [6.07, 6.45) is 3.23. The van der Waals surface area contributed by atoms with E-state index in [1.165, 1.54) is 14.2 Å². The van der Waals surface area contributed by atoms with Crippen molar-refractivity contribution in [1.82, 2.24) is 15.9 Å². The van der Waals surface area contributed by atoms with Gasteiger partial charge in [-0.1, -0.05) is 161 Å². The Labute approximate surface area is 420 Å². The number of nitrogens with one attached hydrogen (secondary N) is 2. The number of rotatable bonds is 27. The number of carboxylic acids is 1. The van der Waals surface area contributed by atoms with Gasteiger partial charge in [-0.3, -0.25) is 19.3 Å². The predicted molar refractivity (Wildman–Crippen MR) is 274 cm³/mol. The Hall–Kier alpha value is -5.53. The quantitative estimate of drug-likeness (QED) is 0.0196. The number of carbonyl (C=O) groups excluding carboxylic acids is 2. The van der Waals surface area contributed by atoms with Crippen LogP contribution in [0.25, 0.3) is 0 Å². The third-order valence-corrected chi connectivity index (χ3v) is 16.9. The number of esters is 1. The number of aryl methyl sites for hydroxylation is 2. The number of amides is 1. The van der Waals surface area contributed by atoms with Crippen LogP contribution in [0.1, 0.15) is 74.3 Å². The maximum atomic E-state index is 14.0. The van der Waals surface area contributed by atoms with Gasteiger partial charge in [-0.2, -0.15) is 0 Å². The van der Waals surface area contributed by atoms with E-state index in [2.05, 4.69) is 11.0 Å². The van der Waals surface area contributed by atoms with Gasteiger partial charge in [0.25, 0.3) is 0 Å². The second kappa shape index (κ2) is 28.5. The summed E-state index contributed by atoms with van der Waals surface area (Å²) in [7, 11) is -1.28. The summed E-state index contributed by atoms with van der Waals surface area (Å²) in [6.45, 7) is 6.02. The fraction of sp³-hybridized carbons (Fsp3) is 0.400. The van der Waals surface area contributed by atoms with Crippen LogP contribution in [0.2, 0.25) is 0 Å². The SMILES string of the molecule is COC(CCc1ccccc1)(NOCc1ccccc1)[P+](=O)CC(C)(C)C(=O)O.COC(CCc1ccccc1)(NOCc1ccccc1)[P+](=O)CC(C)C(=O)N1CCC[C@H]1C(=O)OCc1ccccc1. The molecule has 0 radical (unpaired) electrons. The molecule has 0 spiro atoms. The molecule has 1 heterocycles. The summed E-state index contributed by atoms with van der Waals surface area (Å²) >= 11 is 0. The summed E-state index contributed by atoms with van der Waals surface area (Å²) in [5, 5.41) is 9.44. The number of hydrogen-bond acceptors (Lipinski definition) is 12. The highest BCUT2D eigenvalue weighted by Gasteiger charge is 2.54. The molecule has 5 aromatic carbocycles. The molecule has 5 unspecified atom stereocenters. The van der Waals surface area contributed by atoms with Crippen molar-refractivity contribution < 1.29 is 52.5 Å². The monoisotopic (exact) mass is 1010 g/mol. The first-order valence-corrected chi connectivity index (χ1v) is 26.8. The molecule has 6 atom stereocenters. The van der Waals surface area contributed by atoms with Crippen molar-refractivity contribution in [3.05, 3.63) is 179 Å². The number of ether oxygens (including phenoxy) is 3. The van der Waals surface area contributed by atoms with E-state index >= 15 is 0 Å². The molecule has 16 heteroatoms. The number of hydrogen-bond donors (Lipinski definition) is 3. The van der Waals surface area contributed by atoms with Crippen LogP contribution in [0, 0.1) is 11.3 Å². The zero-order valence-electron chi connectivity index (χ0n) is 41.4. The van der Waals surface area contributed by atoms with Crippen molar-refractivity contribution in [2.24, 2.45) is 11.3 Å². The van der Waals surface area contributed by atoms with Gasteiger partial charge in [-0.15, -0.1) is 11.0 Å². The minimum Gasteiger partial charge on any atom is -0.481 e. The molecule has 1 amide bonds. The first kappa shape index (κ1) is 56.4. The highest BCUT2D eigenvalue weighted by atomic mass is 31.1. The van der Waals surface area contributed by atoms with Gasteiger partial charge in [0.2, 0.25) is 5.91 Å². The Kier molecular flexibility index (Phi) is 22.6. The molecule has 1 saturated heterocycles. The van der Waals surface area contributed by atoms with Crippen LogP contribution in [0.3, 0.4) is 0 Å². The van der Waals surface area contributed by atoms with E-state index in [0.29, 0.717) is 45.1 Å². The molecule has 378 valence electrons. The first-order chi connectivity index (χ1) is 34.2. The Morgan fingerprint density at radius 2 is 1.03 bits per heavy atom. The number of carbonyl (C=O) groups is 3. The highest BCUT2D eigenvalue weighted by molar-refractivity contribution is 7.46. The van der Waals surface area contributed by atoms with Crippen LogP contribution >= 0.6 is 15.6 Å². The molecule has 1 aliphatic heterocycles. The minimum absolute atomic E-state index is 0.0397. The second-order valence-electron chi connectivity index (χ2n) is 18.2. The topological polar surface area (TPSA) is 179 Å². The fourth-order valence-corrected chi connectivity index (χ4v) is 11.4. The molecule has 71 heavy (non-hydrogen) atoms. The van der Waals surface area contributed by atoms with E-state index in [4.69, 9.17) is 23.9 Å². The number of likely N-dealkylation sites (tertiary alicyclic amines) is 1. The summed E-state index contributed by atoms with van der Waals surface area (Å²) < 4.78 is 44.4. The number of hydroxylamine groups is 2. The smallest absolute Gasteiger partial charge is 0.393 e. The lowest BCUT2D eigenvalue weighted by Crippen LogP contribution is -2.47. The van der Waals surface area contributed by atoms with Crippen molar-refractivity contribution in [2.45, 2.75) is 96.1 Å². The summed E-state index contributed by atoms with van der Waals surface area (Å²) in [5.41, 5.74) is 7.02. The van der Waals surface area contributed by atoms with Crippen LogP contribution in [0.5, 0.6) is 0 Å². The third kappa shape index (κ3) is 17.3. The lowest BCUT2D eigenvalue weighted by atomic mass is 9.97. The van der Waals surface area contributed by atoms with Crippen LogP contribution in [0.15, 0.2) is 152 Å². The van der Waals surface area contributed by atoms with E-state index in [1.54, 1.807) is 25.7 Å². The molecule has 0 saturated carbocycles. The average molecular weight is 1010 g/mol. The number of aliphatic carboxylic acids is 1. The zero-order valence-corrected chi connectivity index (χ0v) is 43.2. The number of methoxy groups -OCH3 is 2. The molecule has 0 aromatic heterocycles. The van der Waals surface area contributed by atoms with Gasteiger partial charge in [0.1, 0.15) is 18.1 Å². The molecular weight excluding hydrogens is 941 g/mol. The summed E-state index contributed by atoms with van der Waals surface area (Å²) in [5.74, 6) is -2.22. The maximum Gasteiger partial charge on any atom is 0.393 e. The van der Waals surface area contributed by atoms with E-state index < -0.39 is 55.8 Å². The molecule has 3 N–H and O–H groups in total. The molecule has 0 bridgehead atoms. The van der Waals surface area contributed by atoms with Gasteiger partial charge in [0.05, 0.1) is 19.1 Å². The molecule has 1 aliphatic rings. The molecule has 6 rings (SSSR count). The molecular formula is C55H69N3O11P2+2. The lowest BCUT2D eigenvalue weighted by molar-refractivity contribution is -0.155. The van der Waals surface area contributed by atoms with Crippen LogP contribution in [-0.4, -0.2) is 77.9 Å². The van der Waals surface area contributed by atoms with Crippen LogP contribution in [-0.2, 0) is 80.1 Å². The van der Waals surface area contributed by atoms with Gasteiger partial charge in [0, 0.05) is 33.6 Å². The Bertz CT molecular complexity index is 2420. The second-order valence-corrected chi connectivity index (χ2v) is 21.8. The van der Waals surface area contributed by atoms with Crippen LogP contribution < -0.4 is 11.0 Å². The van der Waals surface area contributed by atoms with Crippen molar-refractivity contribution >= 4 is 33.4 Å². The van der Waals surface area contributed by atoms with Crippen molar-refractivity contribution in [2.75, 3.05) is 33.1 Å². The summed E-state index contributed by atoms with van der Waals surface area (Å²) in [6, 6.07) is 47.7. The normalized spacial score (nSPS) is 16.1. The zero-order chi connectivity index (χ0) is 51.1. The van der Waals surface area contributed by atoms with Gasteiger partial charge in [-0.25, -0.2) is 4.79 Å². The Morgan fingerprint density at radius 1 is 0.634 bits per heavy atom. The maximum absolute atomic E-state index is 14.0. The molecule has 0 aliphatic carbocycles. The van der Waals surface area contributed by atoms with E-state index in [0.717, 1.165) is 27.8 Å². The van der Waals surface area contributed by atoms with Crippen molar-refractivity contribution in [3.63, 3.8) is 0 Å². The number of carboxylic acid groups (broad SMARTS) is 1. The van der Waals surface area contributed by atoms with E-state index in [1.807, 2.05) is 152 Å². The standard InChI is InChI=1S/C33H40N2O6P.C22H28NO5P/c1-26(31(36)35-22-12-19-30(35)32(37)40-23-28-15-8-4-9-16-28)25-42(38)33(39-2,21-20-27-13-6-3-7-14-27)34-41-24-29-17-10-5-11-18-29;1-21(2,20(24)25)17-29(26)22(27-3,15-14-18-10-6-4-7-11-18)23-28-16-19-12-8-5-9-13-19/h3-11,13-18,26,30,34H,12,19-25H2,1-2H3;4-13,23H,14-17H2,1-3H3/q+1;/p+1/t26?,30-,33?;/m0./s1.